The highest BCUT2D eigenvalue weighted by Gasteiger charge is 2.37. The number of hydrogen-bond acceptors (Lipinski definition) is 10. The van der Waals surface area contributed by atoms with Gasteiger partial charge in [-0.05, 0) is 37.7 Å². The van der Waals surface area contributed by atoms with Gasteiger partial charge < -0.3 is 15.5 Å². The van der Waals surface area contributed by atoms with E-state index >= 15 is 0 Å². The summed E-state index contributed by atoms with van der Waals surface area (Å²) in [6.45, 7) is 0. The number of ketones is 1. The van der Waals surface area contributed by atoms with E-state index in [2.05, 4.69) is 20.0 Å². The normalized spacial score (nSPS) is 24.4. The molecule has 0 spiro atoms. The van der Waals surface area contributed by atoms with Gasteiger partial charge in [-0.15, -0.1) is 11.3 Å². The molecular formula is C22H29ClN4O6S2. The maximum absolute atomic E-state index is 13.3. The van der Waals surface area contributed by atoms with Crippen LogP contribution in [0.2, 0.25) is 4.34 Å². The summed E-state index contributed by atoms with van der Waals surface area (Å²) >= 11 is 7.54. The number of aromatic nitrogens is 2. The number of nitrogens with one attached hydrogen (secondary N) is 2. The van der Waals surface area contributed by atoms with Crippen molar-refractivity contribution in [3.63, 3.8) is 0 Å². The average molecular weight is 545 g/mol. The number of aliphatic hydroxyl groups is 2. The van der Waals surface area contributed by atoms with Crippen LogP contribution in [-0.2, 0) is 14.5 Å². The van der Waals surface area contributed by atoms with Crippen molar-refractivity contribution in [2.45, 2.75) is 69.3 Å². The Morgan fingerprint density at radius 2 is 2.03 bits per heavy atom. The van der Waals surface area contributed by atoms with Gasteiger partial charge in [0.15, 0.2) is 0 Å². The van der Waals surface area contributed by atoms with Gasteiger partial charge in [0, 0.05) is 24.8 Å². The van der Waals surface area contributed by atoms with Crippen LogP contribution in [0.5, 0.6) is 0 Å². The molecule has 10 nitrogen and oxygen atoms in total. The lowest BCUT2D eigenvalue weighted by atomic mass is 9.83. The zero-order valence-electron chi connectivity index (χ0n) is 19.2. The minimum Gasteiger partial charge on any atom is -0.390 e. The van der Waals surface area contributed by atoms with Crippen LogP contribution >= 0.6 is 22.9 Å². The van der Waals surface area contributed by atoms with Crippen molar-refractivity contribution in [2.24, 2.45) is 5.92 Å². The van der Waals surface area contributed by atoms with Gasteiger partial charge in [0.25, 0.3) is 0 Å². The molecule has 2 saturated carbocycles. The molecule has 0 radical (unpaired) electrons. The number of aliphatic hydroxyl groups excluding tert-OH is 2. The molecule has 35 heavy (non-hydrogen) atoms. The molecule has 4 atom stereocenters. The second kappa shape index (κ2) is 11.2. The molecular weight excluding hydrogens is 516 g/mol. The third-order valence-corrected chi connectivity index (χ3v) is 9.01. The smallest absolute Gasteiger partial charge is 0.335 e. The van der Waals surface area contributed by atoms with Gasteiger partial charge in [-0.3, -0.25) is 8.98 Å². The lowest BCUT2D eigenvalue weighted by molar-refractivity contribution is 0.0636. The van der Waals surface area contributed by atoms with E-state index in [1.54, 1.807) is 6.07 Å². The van der Waals surface area contributed by atoms with Crippen LogP contribution in [0.4, 0.5) is 5.82 Å². The third kappa shape index (κ3) is 6.19. The molecule has 0 amide bonds. The lowest BCUT2D eigenvalue weighted by Gasteiger charge is -2.26. The Labute approximate surface area is 213 Å². The van der Waals surface area contributed by atoms with Gasteiger partial charge in [0.1, 0.15) is 18.2 Å². The predicted molar refractivity (Wildman–Crippen MR) is 132 cm³/mol. The summed E-state index contributed by atoms with van der Waals surface area (Å²) in [6.07, 6.45) is 5.66. The highest BCUT2D eigenvalue weighted by atomic mass is 35.5. The monoisotopic (exact) mass is 544 g/mol. The second-order valence-corrected chi connectivity index (χ2v) is 12.1. The quantitative estimate of drug-likeness (QED) is 0.349. The van der Waals surface area contributed by atoms with Crippen LogP contribution in [0, 0.1) is 5.92 Å². The Balaban J connectivity index is 1.49. The van der Waals surface area contributed by atoms with Gasteiger partial charge in [-0.2, -0.15) is 13.1 Å². The zero-order valence-corrected chi connectivity index (χ0v) is 21.6. The van der Waals surface area contributed by atoms with Crippen LogP contribution in [0.3, 0.4) is 0 Å². The largest absolute Gasteiger partial charge is 0.390 e. The second-order valence-electron chi connectivity index (χ2n) is 8.97. The maximum Gasteiger partial charge on any atom is 0.335 e. The summed E-state index contributed by atoms with van der Waals surface area (Å²) in [6, 6.07) is 1.27. The van der Waals surface area contributed by atoms with Crippen molar-refractivity contribution in [3.05, 3.63) is 38.9 Å². The summed E-state index contributed by atoms with van der Waals surface area (Å²) in [7, 11) is -2.73. The molecule has 2 aromatic heterocycles. The number of nitrogens with zero attached hydrogens (tertiary/aromatic N) is 2. The van der Waals surface area contributed by atoms with E-state index < -0.39 is 28.6 Å². The molecule has 4 N–H and O–H groups in total. The zero-order chi connectivity index (χ0) is 25.2. The Morgan fingerprint density at radius 1 is 1.29 bits per heavy atom. The molecule has 2 fully saturated rings. The van der Waals surface area contributed by atoms with Crippen molar-refractivity contribution >= 4 is 44.8 Å². The summed E-state index contributed by atoms with van der Waals surface area (Å²) in [4.78, 5) is 21.9. The first-order valence-electron chi connectivity index (χ1n) is 11.6. The van der Waals surface area contributed by atoms with Crippen LogP contribution in [-0.4, -0.2) is 59.7 Å². The van der Waals surface area contributed by atoms with E-state index in [1.807, 2.05) is 0 Å². The number of hydrogen-bond donors (Lipinski definition) is 4. The summed E-state index contributed by atoms with van der Waals surface area (Å²) < 4.78 is 30.8. The van der Waals surface area contributed by atoms with Gasteiger partial charge in [-0.25, -0.2) is 9.97 Å². The number of thiophene rings is 1. The molecule has 2 aliphatic carbocycles. The predicted octanol–water partition coefficient (Wildman–Crippen LogP) is 2.82. The lowest BCUT2D eigenvalue weighted by Crippen LogP contribution is -2.31. The van der Waals surface area contributed by atoms with Gasteiger partial charge in [-0.1, -0.05) is 30.9 Å². The average Bonchev–Trinajstić information content (AvgIpc) is 3.40. The molecule has 0 bridgehead atoms. The van der Waals surface area contributed by atoms with Gasteiger partial charge in [0.05, 0.1) is 27.0 Å². The number of rotatable bonds is 9. The minimum absolute atomic E-state index is 0.131. The number of halogens is 1. The fourth-order valence-corrected chi connectivity index (χ4v) is 6.67. The molecule has 2 aliphatic rings. The number of carbonyl (C=O) groups excluding carboxylic acids is 1. The van der Waals surface area contributed by atoms with Crippen molar-refractivity contribution < 1.29 is 27.6 Å². The fraction of sp³-hybridized carbons (Fsp3) is 0.591. The van der Waals surface area contributed by atoms with Crippen LogP contribution < -0.4 is 10.0 Å². The molecule has 2 aromatic rings. The van der Waals surface area contributed by atoms with Crippen molar-refractivity contribution in [1.29, 1.82) is 0 Å². The first-order chi connectivity index (χ1) is 16.7. The maximum atomic E-state index is 13.3. The standard InChI is InChI=1S/C22H29ClN4O6S2/c1-24-35(31,32)33-17-8-13(7-16(17)28)27-22-15(10-25-11-26-22)20(30)18-9-14(21(23)34-18)19(29)12-5-3-2-4-6-12/h9-13,16-17,19,24,28-29H,2-8H2,1H3,(H,25,26,27)/t13-,16+,17-,19+/m1/s1. The molecule has 0 unspecified atom stereocenters. The Kier molecular flexibility index (Phi) is 8.41. The van der Waals surface area contributed by atoms with Crippen LogP contribution in [0.15, 0.2) is 18.6 Å². The molecule has 0 aromatic carbocycles. The molecule has 13 heteroatoms. The molecule has 4 rings (SSSR count). The SMILES string of the molecule is CNS(=O)(=O)O[C@@H]1C[C@H](Nc2ncncc2C(=O)c2cc([C@@H](O)C3CCCCC3)c(Cl)s2)C[C@@H]1O. The van der Waals surface area contributed by atoms with E-state index in [-0.39, 0.29) is 42.0 Å². The van der Waals surface area contributed by atoms with E-state index in [9.17, 15) is 23.4 Å². The number of carbonyl (C=O) groups is 1. The van der Waals surface area contributed by atoms with E-state index in [4.69, 9.17) is 15.8 Å². The first kappa shape index (κ1) is 26.4. The highest BCUT2D eigenvalue weighted by molar-refractivity contribution is 7.84. The summed E-state index contributed by atoms with van der Waals surface area (Å²) in [5, 5.41) is 24.2. The van der Waals surface area contributed by atoms with Crippen molar-refractivity contribution in [1.82, 2.24) is 14.7 Å². The molecule has 0 saturated heterocycles. The van der Waals surface area contributed by atoms with Crippen molar-refractivity contribution in [2.75, 3.05) is 12.4 Å². The number of anilines is 1. The first-order valence-corrected chi connectivity index (χ1v) is 14.2. The Morgan fingerprint density at radius 3 is 2.74 bits per heavy atom. The van der Waals surface area contributed by atoms with Crippen LogP contribution in [0.1, 0.15) is 71.8 Å². The van der Waals surface area contributed by atoms with Crippen LogP contribution in [0.25, 0.3) is 0 Å². The van der Waals surface area contributed by atoms with Gasteiger partial charge >= 0.3 is 10.3 Å². The Bertz CT molecular complexity index is 1150. The molecule has 2 heterocycles. The molecule has 0 aliphatic heterocycles. The fourth-order valence-electron chi connectivity index (χ4n) is 4.75. The minimum atomic E-state index is -3.96. The third-order valence-electron chi connectivity index (χ3n) is 6.62. The summed E-state index contributed by atoms with van der Waals surface area (Å²) in [5.41, 5.74) is 0.786. The highest BCUT2D eigenvalue weighted by Crippen LogP contribution is 2.41. The summed E-state index contributed by atoms with van der Waals surface area (Å²) in [5.74, 6) is 0.0520. The van der Waals surface area contributed by atoms with E-state index in [1.165, 1.54) is 26.0 Å². The Hall–Kier alpha value is -1.67. The topological polar surface area (TPSA) is 151 Å². The molecule has 192 valence electrons. The van der Waals surface area contributed by atoms with Crippen molar-refractivity contribution in [3.8, 4) is 0 Å². The van der Waals surface area contributed by atoms with Gasteiger partial charge in [0.2, 0.25) is 5.78 Å². The van der Waals surface area contributed by atoms with E-state index in [0.717, 1.165) is 37.0 Å². The van der Waals surface area contributed by atoms with E-state index in [0.29, 0.717) is 14.8 Å².